The van der Waals surface area contributed by atoms with E-state index in [9.17, 15) is 0 Å². The first-order chi connectivity index (χ1) is 6.49. The fourth-order valence-electron chi connectivity index (χ4n) is 1.50. The molecule has 0 rings (SSSR count). The third kappa shape index (κ3) is 12.4. The number of hydrogen-bond acceptors (Lipinski definition) is 2. The van der Waals surface area contributed by atoms with Crippen LogP contribution in [0.4, 0.5) is 0 Å². The van der Waals surface area contributed by atoms with Gasteiger partial charge in [0, 0.05) is 0 Å². The molecule has 0 saturated heterocycles. The molecule has 0 aromatic rings. The van der Waals surface area contributed by atoms with Crippen molar-refractivity contribution in [3.63, 3.8) is 0 Å². The summed E-state index contributed by atoms with van der Waals surface area (Å²) in [5.41, 5.74) is 0. The predicted octanol–water partition coefficient (Wildman–Crippen LogP) is 4.56. The Kier molecular flexibility index (Phi) is 7.92. The van der Waals surface area contributed by atoms with Crippen molar-refractivity contribution < 1.29 is 0 Å². The zero-order valence-electron chi connectivity index (χ0n) is 10.7. The van der Waals surface area contributed by atoms with Crippen molar-refractivity contribution in [3.8, 4) is 0 Å². The maximum absolute atomic E-state index is 5.62. The maximum Gasteiger partial charge on any atom is -0.00279 e. The van der Waals surface area contributed by atoms with Gasteiger partial charge in [-0.05, 0) is 69.8 Å². The highest BCUT2D eigenvalue weighted by atomic mass is 32.4. The van der Waals surface area contributed by atoms with Gasteiger partial charge in [0.1, 0.15) is 0 Å². The fraction of sp³-hybridized carbons (Fsp3) is 1.00. The molecule has 0 radical (unpaired) electrons. The summed E-state index contributed by atoms with van der Waals surface area (Å²) in [5, 5.41) is 0. The Bertz CT molecular complexity index is 252. The molecule has 0 atom stereocenters. The van der Waals surface area contributed by atoms with Crippen molar-refractivity contribution in [2.45, 2.75) is 0 Å². The topological polar surface area (TPSA) is 0 Å². The molecule has 0 aliphatic carbocycles. The van der Waals surface area contributed by atoms with Crippen molar-refractivity contribution in [1.82, 2.24) is 0 Å². The van der Waals surface area contributed by atoms with E-state index in [2.05, 4.69) is 40.0 Å². The molecule has 0 fully saturated rings. The van der Waals surface area contributed by atoms with E-state index in [1.165, 1.54) is 17.7 Å². The Morgan fingerprint density at radius 2 is 1.20 bits per heavy atom. The molecule has 0 aromatic carbocycles. The van der Waals surface area contributed by atoms with Crippen LogP contribution in [0.5, 0.6) is 0 Å². The molecule has 0 nitrogen and oxygen atoms in total. The molecule has 0 heterocycles. The van der Waals surface area contributed by atoms with Crippen LogP contribution in [0.2, 0.25) is 0 Å². The first-order valence-electron chi connectivity index (χ1n) is 4.95. The summed E-state index contributed by atoms with van der Waals surface area (Å²) in [4.78, 5) is 0. The summed E-state index contributed by atoms with van der Waals surface area (Å²) in [7, 11) is 0.369. The van der Waals surface area contributed by atoms with E-state index in [1.54, 1.807) is 0 Å². The zero-order chi connectivity index (χ0) is 12.3. The van der Waals surface area contributed by atoms with E-state index in [-0.39, 0.29) is 15.8 Å². The highest BCUT2D eigenvalue weighted by Gasteiger charge is 2.18. The van der Waals surface area contributed by atoms with Crippen molar-refractivity contribution in [2.75, 3.05) is 57.7 Å². The van der Waals surface area contributed by atoms with Gasteiger partial charge in [0.15, 0.2) is 0 Å². The Balaban J connectivity index is 4.46. The van der Waals surface area contributed by atoms with Gasteiger partial charge in [-0.1, -0.05) is 31.5 Å². The molecular formula is C9H24P4S2. The van der Waals surface area contributed by atoms with Gasteiger partial charge in [0.25, 0.3) is 0 Å². The Morgan fingerprint density at radius 3 is 1.40 bits per heavy atom. The SMILES string of the molecule is CP(C)CP(CP(C)(C)=S)CP(C)(C)=S. The van der Waals surface area contributed by atoms with Crippen LogP contribution < -0.4 is 0 Å². The van der Waals surface area contributed by atoms with E-state index in [4.69, 9.17) is 23.6 Å². The molecular weight excluding hydrogens is 296 g/mol. The van der Waals surface area contributed by atoms with Crippen molar-refractivity contribution in [1.29, 1.82) is 0 Å². The van der Waals surface area contributed by atoms with Crippen molar-refractivity contribution in [2.24, 2.45) is 0 Å². The fourth-order valence-corrected chi connectivity index (χ4v) is 18.8. The van der Waals surface area contributed by atoms with Gasteiger partial charge < -0.3 is 0 Å². The van der Waals surface area contributed by atoms with Gasteiger partial charge in [-0.2, -0.15) is 0 Å². The predicted molar refractivity (Wildman–Crippen MR) is 92.6 cm³/mol. The molecule has 0 aromatic heterocycles. The molecule has 0 bridgehead atoms. The summed E-state index contributed by atoms with van der Waals surface area (Å²) >= 11 is 11.2. The summed E-state index contributed by atoms with van der Waals surface area (Å²) in [6, 6.07) is -2.04. The van der Waals surface area contributed by atoms with E-state index < -0.39 is 12.1 Å². The molecule has 0 aliphatic heterocycles. The van der Waals surface area contributed by atoms with Gasteiger partial charge in [0.2, 0.25) is 0 Å². The van der Waals surface area contributed by atoms with Crippen LogP contribution in [-0.2, 0) is 23.6 Å². The van der Waals surface area contributed by atoms with Crippen LogP contribution in [0.15, 0.2) is 0 Å². The lowest BCUT2D eigenvalue weighted by atomic mass is 11.8. The van der Waals surface area contributed by atoms with Crippen molar-refractivity contribution >= 4 is 51.5 Å². The minimum Gasteiger partial charge on any atom is -0.109 e. The van der Waals surface area contributed by atoms with Gasteiger partial charge in [-0.15, -0.1) is 7.92 Å². The lowest BCUT2D eigenvalue weighted by molar-refractivity contribution is 1.82. The number of rotatable bonds is 6. The summed E-state index contributed by atoms with van der Waals surface area (Å²) in [5.74, 6) is 4.10. The van der Waals surface area contributed by atoms with Crippen LogP contribution in [-0.4, -0.2) is 57.7 Å². The second kappa shape index (κ2) is 6.92. The minimum atomic E-state index is -1.02. The van der Waals surface area contributed by atoms with Gasteiger partial charge >= 0.3 is 0 Å². The maximum atomic E-state index is 5.62. The third-order valence-corrected chi connectivity index (χ3v) is 16.2. The molecule has 6 heteroatoms. The Labute approximate surface area is 109 Å². The third-order valence-electron chi connectivity index (χ3n) is 1.56. The second-order valence-electron chi connectivity index (χ2n) is 5.32. The molecule has 0 amide bonds. The number of hydrogen-bond donors (Lipinski definition) is 0. The van der Waals surface area contributed by atoms with E-state index in [1.807, 2.05) is 0 Å². The molecule has 0 unspecified atom stereocenters. The highest BCUT2D eigenvalue weighted by Crippen LogP contribution is 2.62. The van der Waals surface area contributed by atoms with Gasteiger partial charge in [0.05, 0.1) is 0 Å². The van der Waals surface area contributed by atoms with E-state index in [0.29, 0.717) is 0 Å². The van der Waals surface area contributed by atoms with Gasteiger partial charge in [-0.25, -0.2) is 0 Å². The second-order valence-corrected chi connectivity index (χ2v) is 24.4. The highest BCUT2D eigenvalue weighted by molar-refractivity contribution is 8.19. The smallest absolute Gasteiger partial charge is 0.00279 e. The van der Waals surface area contributed by atoms with E-state index in [0.717, 1.165) is 0 Å². The lowest BCUT2D eigenvalue weighted by Gasteiger charge is -2.26. The average molecular weight is 320 g/mol. The summed E-state index contributed by atoms with van der Waals surface area (Å²) in [6.07, 6.45) is 0. The van der Waals surface area contributed by atoms with E-state index >= 15 is 0 Å². The molecule has 0 saturated carbocycles. The monoisotopic (exact) mass is 320 g/mol. The molecule has 0 aliphatic rings. The van der Waals surface area contributed by atoms with Crippen LogP contribution >= 0.6 is 27.9 Å². The van der Waals surface area contributed by atoms with Gasteiger partial charge in [-0.3, -0.25) is 0 Å². The Morgan fingerprint density at radius 1 is 0.867 bits per heavy atom. The molecule has 0 N–H and O–H groups in total. The standard InChI is InChI=1S/C9H24P4S2/c1-10(2)7-11(8-12(3,4)14)9-13(5,6)15/h7-9H2,1-6H3. The molecule has 15 heavy (non-hydrogen) atoms. The average Bonchev–Trinajstić information content (AvgIpc) is 1.73. The summed E-state index contributed by atoms with van der Waals surface area (Å²) < 4.78 is 0. The normalized spacial score (nSPS) is 13.9. The van der Waals surface area contributed by atoms with Crippen molar-refractivity contribution in [3.05, 3.63) is 0 Å². The quantitative estimate of drug-likeness (QED) is 0.658. The first-order valence-corrected chi connectivity index (χ1v) is 17.0. The molecule has 92 valence electrons. The van der Waals surface area contributed by atoms with Crippen LogP contribution in [0.3, 0.4) is 0 Å². The van der Waals surface area contributed by atoms with Crippen LogP contribution in [0.1, 0.15) is 0 Å². The Hall–Kier alpha value is 2.16. The first kappa shape index (κ1) is 17.2. The largest absolute Gasteiger partial charge is 0.109 e. The van der Waals surface area contributed by atoms with Crippen LogP contribution in [0.25, 0.3) is 0 Å². The van der Waals surface area contributed by atoms with Crippen LogP contribution in [0, 0.1) is 0 Å². The lowest BCUT2D eigenvalue weighted by Crippen LogP contribution is -1.95. The summed E-state index contributed by atoms with van der Waals surface area (Å²) in [6.45, 7) is 13.9. The minimum absolute atomic E-state index is 0.143. The molecule has 0 spiro atoms. The zero-order valence-corrected chi connectivity index (χ0v) is 15.9.